The molecule has 3 aliphatic rings. The number of nitrogens with one attached hydrogen (secondary N) is 2. The lowest BCUT2D eigenvalue weighted by molar-refractivity contribution is -0.121. The van der Waals surface area contributed by atoms with Crippen LogP contribution in [0.25, 0.3) is 5.65 Å². The summed E-state index contributed by atoms with van der Waals surface area (Å²) in [5.74, 6) is -0.192. The number of likely N-dealkylation sites (N-methyl/N-ethyl adjacent to an activating group) is 1. The molecule has 12 nitrogen and oxygen atoms in total. The van der Waals surface area contributed by atoms with E-state index in [4.69, 9.17) is 4.98 Å². The number of anilines is 1. The van der Waals surface area contributed by atoms with Crippen molar-refractivity contribution in [3.05, 3.63) is 94.8 Å². The molecule has 2 aromatic heterocycles. The van der Waals surface area contributed by atoms with Crippen LogP contribution in [-0.2, 0) is 11.3 Å². The maximum Gasteiger partial charge on any atom is 0.324 e. The van der Waals surface area contributed by atoms with Gasteiger partial charge in [-0.1, -0.05) is 30.7 Å². The summed E-state index contributed by atoms with van der Waals surface area (Å²) in [5, 5.41) is 9.73. The van der Waals surface area contributed by atoms with Crippen LogP contribution in [0.3, 0.4) is 0 Å². The van der Waals surface area contributed by atoms with Crippen LogP contribution in [0, 0.1) is 11.6 Å². The van der Waals surface area contributed by atoms with E-state index in [2.05, 4.69) is 56.8 Å². The number of urea groups is 1. The van der Waals surface area contributed by atoms with Gasteiger partial charge >= 0.3 is 6.03 Å². The predicted molar refractivity (Wildman–Crippen MR) is 206 cm³/mol. The van der Waals surface area contributed by atoms with Gasteiger partial charge in [0.15, 0.2) is 5.65 Å². The van der Waals surface area contributed by atoms with Crippen molar-refractivity contribution in [3.63, 3.8) is 0 Å². The lowest BCUT2D eigenvalue weighted by atomic mass is 9.89. The van der Waals surface area contributed by atoms with Crippen LogP contribution in [0.5, 0.6) is 0 Å². The molecule has 3 saturated heterocycles. The van der Waals surface area contributed by atoms with Gasteiger partial charge in [0, 0.05) is 57.4 Å². The van der Waals surface area contributed by atoms with Crippen LogP contribution in [-0.4, -0.2) is 107 Å². The molecule has 3 aliphatic heterocycles. The minimum absolute atomic E-state index is 0.208. The molecule has 55 heavy (non-hydrogen) atoms. The Bertz CT molecular complexity index is 1960. The Morgan fingerprint density at radius 1 is 0.964 bits per heavy atom. The van der Waals surface area contributed by atoms with Crippen molar-refractivity contribution in [3.8, 4) is 0 Å². The first-order chi connectivity index (χ1) is 26.7. The number of benzene rings is 2. The van der Waals surface area contributed by atoms with Gasteiger partial charge in [-0.15, -0.1) is 0 Å². The van der Waals surface area contributed by atoms with Crippen molar-refractivity contribution in [2.24, 2.45) is 0 Å². The highest BCUT2D eigenvalue weighted by molar-refractivity contribution is 5.99. The van der Waals surface area contributed by atoms with Crippen LogP contribution < -0.4 is 15.5 Å². The number of halogens is 2. The van der Waals surface area contributed by atoms with E-state index in [1.165, 1.54) is 23.9 Å². The van der Waals surface area contributed by atoms with Crippen molar-refractivity contribution in [2.75, 3.05) is 64.3 Å². The van der Waals surface area contributed by atoms with Gasteiger partial charge in [-0.2, -0.15) is 5.10 Å². The van der Waals surface area contributed by atoms with Crippen LogP contribution >= 0.6 is 0 Å². The summed E-state index contributed by atoms with van der Waals surface area (Å²) in [4.78, 5) is 50.0. The van der Waals surface area contributed by atoms with Crippen molar-refractivity contribution in [1.29, 1.82) is 0 Å². The zero-order valence-electron chi connectivity index (χ0n) is 31.6. The van der Waals surface area contributed by atoms with Crippen molar-refractivity contribution in [2.45, 2.75) is 69.9 Å². The van der Waals surface area contributed by atoms with Gasteiger partial charge in [0.2, 0.25) is 5.91 Å². The topological polar surface area (TPSA) is 118 Å². The van der Waals surface area contributed by atoms with Crippen LogP contribution in [0.2, 0.25) is 0 Å². The number of carbonyl (C=O) groups is 3. The average Bonchev–Trinajstić information content (AvgIpc) is 3.86. The third kappa shape index (κ3) is 9.48. The molecule has 7 rings (SSSR count). The SMILES string of the molecule is CN(CCCCCNC(=O)c1cnn2ccc(N3CCCC3c3cc(F)ccc3F)nc12)CCN1CCC(c2ccc(CN3CCC(=O)NC3=O)cc2)CC1. The molecular weight excluding hydrogens is 705 g/mol. The van der Waals surface area contributed by atoms with E-state index in [9.17, 15) is 23.2 Å². The molecule has 2 aromatic carbocycles. The first-order valence-corrected chi connectivity index (χ1v) is 19.6. The van der Waals surface area contributed by atoms with Gasteiger partial charge < -0.3 is 24.9 Å². The standard InChI is InChI=1S/C41H51F2N9O3/c1-48(24-25-49-20-13-31(14-21-49)30-9-7-29(8-10-30)28-50-22-16-38(53)47-41(50)55)18-4-2-3-17-44-40(54)34-27-45-52-23-15-37(46-39(34)52)51-19-5-6-36(51)33-26-32(42)11-12-35(33)43/h7-12,15,23,26-27,31,36H,2-6,13-14,16-22,24-25,28H2,1H3,(H,44,54)(H,47,53,55). The Labute approximate surface area is 320 Å². The number of hydrogen-bond acceptors (Lipinski definition) is 8. The minimum atomic E-state index is -0.470. The summed E-state index contributed by atoms with van der Waals surface area (Å²) >= 11 is 0. The van der Waals surface area contributed by atoms with E-state index in [0.717, 1.165) is 82.9 Å². The fourth-order valence-corrected chi connectivity index (χ4v) is 8.07. The molecule has 3 fully saturated rings. The second-order valence-corrected chi connectivity index (χ2v) is 15.1. The molecule has 0 aliphatic carbocycles. The molecule has 0 saturated carbocycles. The molecule has 0 spiro atoms. The lowest BCUT2D eigenvalue weighted by Crippen LogP contribution is -2.48. The Morgan fingerprint density at radius 2 is 1.78 bits per heavy atom. The van der Waals surface area contributed by atoms with Crippen molar-refractivity contribution in [1.82, 2.24) is 39.9 Å². The molecule has 1 unspecified atom stereocenters. The zero-order valence-corrected chi connectivity index (χ0v) is 31.6. The molecular formula is C41H51F2N9O3. The predicted octanol–water partition coefficient (Wildman–Crippen LogP) is 5.50. The summed E-state index contributed by atoms with van der Waals surface area (Å²) in [5.41, 5.74) is 3.57. The van der Waals surface area contributed by atoms with Crippen LogP contribution in [0.15, 0.2) is 60.9 Å². The molecule has 5 heterocycles. The number of amides is 4. The van der Waals surface area contributed by atoms with Gasteiger partial charge in [0.25, 0.3) is 5.91 Å². The highest BCUT2D eigenvalue weighted by atomic mass is 19.1. The quantitative estimate of drug-likeness (QED) is 0.153. The van der Waals surface area contributed by atoms with E-state index in [-0.39, 0.29) is 23.9 Å². The van der Waals surface area contributed by atoms with E-state index in [1.54, 1.807) is 21.7 Å². The first kappa shape index (κ1) is 38.3. The number of carbonyl (C=O) groups excluding carboxylic acids is 3. The lowest BCUT2D eigenvalue weighted by Gasteiger charge is -2.33. The summed E-state index contributed by atoms with van der Waals surface area (Å²) in [6.45, 7) is 7.42. The number of hydrogen-bond donors (Lipinski definition) is 2. The average molecular weight is 756 g/mol. The van der Waals surface area contributed by atoms with Gasteiger partial charge in [0.1, 0.15) is 23.0 Å². The summed E-state index contributed by atoms with van der Waals surface area (Å²) in [6.07, 6.45) is 10.3. The molecule has 4 amide bonds. The van der Waals surface area contributed by atoms with Gasteiger partial charge in [-0.05, 0) is 107 Å². The second-order valence-electron chi connectivity index (χ2n) is 15.1. The molecule has 4 aromatic rings. The number of unbranched alkanes of at least 4 members (excludes halogenated alkanes) is 2. The molecule has 1 atom stereocenters. The van der Waals surface area contributed by atoms with Crippen LogP contribution in [0.4, 0.5) is 19.4 Å². The summed E-state index contributed by atoms with van der Waals surface area (Å²) < 4.78 is 30.2. The minimum Gasteiger partial charge on any atom is -0.352 e. The molecule has 14 heteroatoms. The van der Waals surface area contributed by atoms with Gasteiger partial charge in [-0.3, -0.25) is 14.9 Å². The number of piperidine rings is 1. The number of aromatic nitrogens is 3. The maximum absolute atomic E-state index is 14.6. The fraction of sp³-hybridized carbons (Fsp3) is 0.488. The number of rotatable bonds is 15. The Kier molecular flexibility index (Phi) is 12.3. The number of likely N-dealkylation sites (tertiary alicyclic amines) is 1. The maximum atomic E-state index is 14.6. The smallest absolute Gasteiger partial charge is 0.324 e. The van der Waals surface area contributed by atoms with E-state index in [0.29, 0.717) is 67.5 Å². The van der Waals surface area contributed by atoms with Crippen molar-refractivity contribution < 1.29 is 23.2 Å². The Morgan fingerprint density at radius 3 is 2.58 bits per heavy atom. The normalized spacial score (nSPS) is 18.4. The fourth-order valence-electron chi connectivity index (χ4n) is 8.07. The number of nitrogens with zero attached hydrogens (tertiary/aromatic N) is 7. The van der Waals surface area contributed by atoms with Crippen LogP contribution in [0.1, 0.15) is 90.4 Å². The zero-order chi connectivity index (χ0) is 38.3. The molecule has 0 radical (unpaired) electrons. The number of imide groups is 1. The highest BCUT2D eigenvalue weighted by Gasteiger charge is 2.30. The first-order valence-electron chi connectivity index (χ1n) is 19.6. The van der Waals surface area contributed by atoms with E-state index >= 15 is 0 Å². The Balaban J connectivity index is 0.784. The third-order valence-electron chi connectivity index (χ3n) is 11.3. The summed E-state index contributed by atoms with van der Waals surface area (Å²) in [6, 6.07) is 13.3. The van der Waals surface area contributed by atoms with Crippen molar-refractivity contribution >= 4 is 29.3 Å². The molecule has 0 bridgehead atoms. The second kappa shape index (κ2) is 17.7. The number of fused-ring (bicyclic) bond motifs is 1. The van der Waals surface area contributed by atoms with E-state index in [1.807, 2.05) is 4.90 Å². The molecule has 292 valence electrons. The molecule has 2 N–H and O–H groups in total. The Hall–Kier alpha value is -4.95. The third-order valence-corrected chi connectivity index (χ3v) is 11.3. The van der Waals surface area contributed by atoms with Gasteiger partial charge in [0.05, 0.1) is 12.2 Å². The highest BCUT2D eigenvalue weighted by Crippen LogP contribution is 2.37. The summed E-state index contributed by atoms with van der Waals surface area (Å²) in [7, 11) is 2.17. The van der Waals surface area contributed by atoms with Gasteiger partial charge in [-0.25, -0.2) is 23.1 Å². The van der Waals surface area contributed by atoms with E-state index < -0.39 is 11.6 Å². The largest absolute Gasteiger partial charge is 0.352 e. The monoisotopic (exact) mass is 755 g/mol.